The second-order valence-electron chi connectivity index (χ2n) is 5.39. The van der Waals surface area contributed by atoms with E-state index in [2.05, 4.69) is 27.5 Å². The summed E-state index contributed by atoms with van der Waals surface area (Å²) in [7, 11) is 1.85. The Morgan fingerprint density at radius 1 is 1.30 bits per heavy atom. The third-order valence-corrected chi connectivity index (χ3v) is 4.25. The Kier molecular flexibility index (Phi) is 4.52. The molecule has 6 heteroatoms. The first-order valence-electron chi connectivity index (χ1n) is 7.40. The van der Waals surface area contributed by atoms with Crippen molar-refractivity contribution in [3.63, 3.8) is 0 Å². The van der Waals surface area contributed by atoms with Crippen LogP contribution in [0.1, 0.15) is 21.7 Å². The minimum atomic E-state index is -0.158. The average Bonchev–Trinajstić information content (AvgIpc) is 3.18. The number of carbonyl (C=O) groups excluding carboxylic acids is 1. The van der Waals surface area contributed by atoms with Gasteiger partial charge in [-0.15, -0.1) is 11.3 Å². The Hall–Kier alpha value is -2.47. The molecule has 3 aromatic rings. The molecule has 1 N–H and O–H groups in total. The Morgan fingerprint density at radius 2 is 2.09 bits per heavy atom. The van der Waals surface area contributed by atoms with Gasteiger partial charge in [0, 0.05) is 25.4 Å². The van der Waals surface area contributed by atoms with Crippen molar-refractivity contribution in [2.24, 2.45) is 7.05 Å². The van der Waals surface area contributed by atoms with Crippen molar-refractivity contribution >= 4 is 17.2 Å². The fraction of sp³-hybridized carbons (Fsp3) is 0.235. The number of amides is 1. The number of nitrogens with zero attached hydrogens (tertiary/aromatic N) is 3. The van der Waals surface area contributed by atoms with Crippen LogP contribution in [0.4, 0.5) is 0 Å². The van der Waals surface area contributed by atoms with Gasteiger partial charge in [-0.3, -0.25) is 9.48 Å². The summed E-state index contributed by atoms with van der Waals surface area (Å²) in [4.78, 5) is 16.4. The molecule has 0 bridgehead atoms. The van der Waals surface area contributed by atoms with Crippen molar-refractivity contribution < 1.29 is 4.79 Å². The third-order valence-electron chi connectivity index (χ3n) is 3.61. The number of aromatic nitrogens is 3. The number of nitrogens with one attached hydrogen (secondary N) is 1. The Morgan fingerprint density at radius 3 is 2.78 bits per heavy atom. The molecule has 0 spiro atoms. The smallest absolute Gasteiger partial charge is 0.271 e. The van der Waals surface area contributed by atoms with Gasteiger partial charge >= 0.3 is 0 Å². The summed E-state index contributed by atoms with van der Waals surface area (Å²) in [5.74, 6) is -0.158. The SMILES string of the molecule is Cc1ccc(-c2cc(C(=O)NCCc3cscn3)nn2C)cc1. The highest BCUT2D eigenvalue weighted by Crippen LogP contribution is 2.20. The van der Waals surface area contributed by atoms with E-state index in [1.807, 2.05) is 37.6 Å². The monoisotopic (exact) mass is 326 g/mol. The lowest BCUT2D eigenvalue weighted by molar-refractivity contribution is 0.0948. The van der Waals surface area contributed by atoms with Gasteiger partial charge in [-0.25, -0.2) is 4.98 Å². The van der Waals surface area contributed by atoms with Crippen LogP contribution in [-0.4, -0.2) is 27.2 Å². The van der Waals surface area contributed by atoms with Crippen molar-refractivity contribution in [1.82, 2.24) is 20.1 Å². The lowest BCUT2D eigenvalue weighted by Gasteiger charge is -2.01. The molecule has 3 rings (SSSR count). The Balaban J connectivity index is 1.67. The molecule has 1 aromatic carbocycles. The summed E-state index contributed by atoms with van der Waals surface area (Å²) in [6, 6.07) is 10.0. The van der Waals surface area contributed by atoms with Crippen LogP contribution in [0.15, 0.2) is 41.2 Å². The van der Waals surface area contributed by atoms with E-state index in [0.29, 0.717) is 12.2 Å². The van der Waals surface area contributed by atoms with E-state index in [1.54, 1.807) is 21.5 Å². The summed E-state index contributed by atoms with van der Waals surface area (Å²) in [5, 5.41) is 9.19. The van der Waals surface area contributed by atoms with Gasteiger partial charge in [-0.2, -0.15) is 5.10 Å². The highest BCUT2D eigenvalue weighted by molar-refractivity contribution is 7.07. The molecule has 1 amide bonds. The maximum absolute atomic E-state index is 12.2. The summed E-state index contributed by atoms with van der Waals surface area (Å²) < 4.78 is 1.74. The van der Waals surface area contributed by atoms with Gasteiger partial charge in [0.05, 0.1) is 16.9 Å². The molecule has 0 aliphatic carbocycles. The third kappa shape index (κ3) is 3.65. The first-order valence-corrected chi connectivity index (χ1v) is 8.34. The van der Waals surface area contributed by atoms with Gasteiger partial charge in [0.15, 0.2) is 5.69 Å². The molecule has 5 nitrogen and oxygen atoms in total. The molecule has 0 atom stereocenters. The second-order valence-corrected chi connectivity index (χ2v) is 6.11. The van der Waals surface area contributed by atoms with Crippen LogP contribution in [0, 0.1) is 6.92 Å². The van der Waals surface area contributed by atoms with Crippen LogP contribution in [0.25, 0.3) is 11.3 Å². The van der Waals surface area contributed by atoms with E-state index in [-0.39, 0.29) is 5.91 Å². The molecule has 0 aliphatic rings. The summed E-state index contributed by atoms with van der Waals surface area (Å²) in [5.41, 5.74) is 6.40. The van der Waals surface area contributed by atoms with E-state index < -0.39 is 0 Å². The summed E-state index contributed by atoms with van der Waals surface area (Å²) in [6.07, 6.45) is 0.729. The molecule has 2 aromatic heterocycles. The van der Waals surface area contributed by atoms with E-state index in [1.165, 1.54) is 5.56 Å². The van der Waals surface area contributed by atoms with Crippen LogP contribution < -0.4 is 5.32 Å². The van der Waals surface area contributed by atoms with Crippen molar-refractivity contribution in [3.05, 3.63) is 58.2 Å². The van der Waals surface area contributed by atoms with Crippen molar-refractivity contribution in [3.8, 4) is 11.3 Å². The van der Waals surface area contributed by atoms with Crippen molar-refractivity contribution in [1.29, 1.82) is 0 Å². The molecule has 0 radical (unpaired) electrons. The molecular weight excluding hydrogens is 308 g/mol. The number of thiazole rings is 1. The first-order chi connectivity index (χ1) is 11.1. The number of benzene rings is 1. The van der Waals surface area contributed by atoms with Crippen LogP contribution in [0.2, 0.25) is 0 Å². The van der Waals surface area contributed by atoms with E-state index in [9.17, 15) is 4.79 Å². The zero-order chi connectivity index (χ0) is 16.2. The van der Waals surface area contributed by atoms with E-state index in [4.69, 9.17) is 0 Å². The second kappa shape index (κ2) is 6.75. The van der Waals surface area contributed by atoms with Gasteiger partial charge in [-0.05, 0) is 18.6 Å². The largest absolute Gasteiger partial charge is 0.350 e. The minimum absolute atomic E-state index is 0.158. The summed E-state index contributed by atoms with van der Waals surface area (Å²) >= 11 is 1.56. The molecule has 118 valence electrons. The molecule has 0 fully saturated rings. The van der Waals surface area contributed by atoms with Gasteiger partial charge < -0.3 is 5.32 Å². The van der Waals surface area contributed by atoms with Gasteiger partial charge in [0.1, 0.15) is 0 Å². The zero-order valence-corrected chi connectivity index (χ0v) is 13.9. The van der Waals surface area contributed by atoms with Crippen LogP contribution in [0.5, 0.6) is 0 Å². The maximum atomic E-state index is 12.2. The van der Waals surface area contributed by atoms with Gasteiger partial charge in [0.2, 0.25) is 0 Å². The molecule has 2 heterocycles. The van der Waals surface area contributed by atoms with Crippen LogP contribution in [-0.2, 0) is 13.5 Å². The van der Waals surface area contributed by atoms with Crippen molar-refractivity contribution in [2.45, 2.75) is 13.3 Å². The molecule has 0 aliphatic heterocycles. The first kappa shape index (κ1) is 15.4. The molecule has 0 saturated carbocycles. The van der Waals surface area contributed by atoms with E-state index >= 15 is 0 Å². The lowest BCUT2D eigenvalue weighted by atomic mass is 10.1. The fourth-order valence-electron chi connectivity index (χ4n) is 2.33. The average molecular weight is 326 g/mol. The highest BCUT2D eigenvalue weighted by atomic mass is 32.1. The number of hydrogen-bond donors (Lipinski definition) is 1. The van der Waals surface area contributed by atoms with E-state index in [0.717, 1.165) is 23.4 Å². The number of rotatable bonds is 5. The fourth-order valence-corrected chi connectivity index (χ4v) is 2.92. The van der Waals surface area contributed by atoms with Crippen molar-refractivity contribution in [2.75, 3.05) is 6.54 Å². The molecule has 0 unspecified atom stereocenters. The predicted octanol–water partition coefficient (Wildman–Crippen LogP) is 2.82. The number of hydrogen-bond acceptors (Lipinski definition) is 4. The minimum Gasteiger partial charge on any atom is -0.350 e. The van der Waals surface area contributed by atoms with Gasteiger partial charge in [-0.1, -0.05) is 29.8 Å². The Bertz CT molecular complexity index is 791. The summed E-state index contributed by atoms with van der Waals surface area (Å²) in [6.45, 7) is 2.60. The predicted molar refractivity (Wildman–Crippen MR) is 91.5 cm³/mol. The van der Waals surface area contributed by atoms with Crippen LogP contribution in [0.3, 0.4) is 0 Å². The maximum Gasteiger partial charge on any atom is 0.271 e. The normalized spacial score (nSPS) is 10.7. The molecule has 0 saturated heterocycles. The quantitative estimate of drug-likeness (QED) is 0.784. The topological polar surface area (TPSA) is 59.8 Å². The number of aryl methyl sites for hydroxylation is 2. The molecule has 23 heavy (non-hydrogen) atoms. The molecular formula is C17H18N4OS. The highest BCUT2D eigenvalue weighted by Gasteiger charge is 2.13. The standard InChI is InChI=1S/C17H18N4OS/c1-12-3-5-13(6-4-12)16-9-15(20-21(16)2)17(22)18-8-7-14-10-23-11-19-14/h3-6,9-11H,7-8H2,1-2H3,(H,18,22). The lowest BCUT2D eigenvalue weighted by Crippen LogP contribution is -2.26. The van der Waals surface area contributed by atoms with Crippen LogP contribution >= 0.6 is 11.3 Å². The zero-order valence-electron chi connectivity index (χ0n) is 13.1. The van der Waals surface area contributed by atoms with Gasteiger partial charge in [0.25, 0.3) is 5.91 Å². The number of carbonyl (C=O) groups is 1. The Labute approximate surface area is 139 Å².